The first kappa shape index (κ1) is 8.20. The van der Waals surface area contributed by atoms with Crippen LogP contribution in [0.1, 0.15) is 20.3 Å². The van der Waals surface area contributed by atoms with Crippen LogP contribution in [-0.4, -0.2) is 10.2 Å². The predicted molar refractivity (Wildman–Crippen MR) is 47.6 cm³/mol. The van der Waals surface area contributed by atoms with Gasteiger partial charge in [-0.15, -0.1) is 10.2 Å². The molecule has 3 nitrogen and oxygen atoms in total. The van der Waals surface area contributed by atoms with Gasteiger partial charge in [-0.25, -0.2) is 0 Å². The standard InChI is InChI=1S/C7H11N3S/c1-3-4-6(2)9-7-10-8-5-11-7/h4-5H,3H2,1-2H3,(H,9,10)/b6-4+. The second-order valence-corrected chi connectivity index (χ2v) is 3.00. The van der Waals surface area contributed by atoms with Gasteiger partial charge in [0.25, 0.3) is 0 Å². The number of nitrogens with one attached hydrogen (secondary N) is 1. The molecule has 11 heavy (non-hydrogen) atoms. The summed E-state index contributed by atoms with van der Waals surface area (Å²) < 4.78 is 0. The summed E-state index contributed by atoms with van der Waals surface area (Å²) in [5.74, 6) is 0. The molecule has 1 N–H and O–H groups in total. The molecule has 0 atom stereocenters. The molecule has 4 heteroatoms. The van der Waals surface area contributed by atoms with Gasteiger partial charge in [0.1, 0.15) is 5.51 Å². The van der Waals surface area contributed by atoms with Crippen LogP contribution < -0.4 is 5.32 Å². The van der Waals surface area contributed by atoms with Crippen molar-refractivity contribution in [2.45, 2.75) is 20.3 Å². The first-order valence-electron chi connectivity index (χ1n) is 3.53. The zero-order valence-electron chi connectivity index (χ0n) is 6.66. The van der Waals surface area contributed by atoms with Gasteiger partial charge < -0.3 is 5.32 Å². The van der Waals surface area contributed by atoms with Crippen molar-refractivity contribution in [1.29, 1.82) is 0 Å². The Morgan fingerprint density at radius 2 is 2.64 bits per heavy atom. The summed E-state index contributed by atoms with van der Waals surface area (Å²) in [4.78, 5) is 0. The molecule has 0 aliphatic rings. The number of rotatable bonds is 3. The Morgan fingerprint density at radius 3 is 3.18 bits per heavy atom. The van der Waals surface area contributed by atoms with Crippen molar-refractivity contribution < 1.29 is 0 Å². The van der Waals surface area contributed by atoms with E-state index >= 15 is 0 Å². The van der Waals surface area contributed by atoms with E-state index in [0.717, 1.165) is 17.2 Å². The number of hydrogen-bond acceptors (Lipinski definition) is 4. The quantitative estimate of drug-likeness (QED) is 0.754. The van der Waals surface area contributed by atoms with E-state index in [0.29, 0.717) is 0 Å². The van der Waals surface area contributed by atoms with Crippen molar-refractivity contribution in [3.63, 3.8) is 0 Å². The van der Waals surface area contributed by atoms with Crippen LogP contribution in [0.15, 0.2) is 17.3 Å². The minimum Gasteiger partial charge on any atom is -0.334 e. The zero-order chi connectivity index (χ0) is 8.10. The fourth-order valence-electron chi connectivity index (χ4n) is 0.753. The van der Waals surface area contributed by atoms with Crippen LogP contribution in [0.2, 0.25) is 0 Å². The second-order valence-electron chi connectivity index (χ2n) is 2.16. The lowest BCUT2D eigenvalue weighted by Crippen LogP contribution is -1.94. The van der Waals surface area contributed by atoms with Crippen molar-refractivity contribution in [2.24, 2.45) is 0 Å². The highest BCUT2D eigenvalue weighted by Gasteiger charge is 1.93. The highest BCUT2D eigenvalue weighted by molar-refractivity contribution is 7.13. The lowest BCUT2D eigenvalue weighted by Gasteiger charge is -1.98. The molecule has 0 aliphatic heterocycles. The minimum absolute atomic E-state index is 0.854. The van der Waals surface area contributed by atoms with E-state index in [-0.39, 0.29) is 0 Å². The van der Waals surface area contributed by atoms with Crippen molar-refractivity contribution in [3.8, 4) is 0 Å². The Bertz CT molecular complexity index is 228. The Kier molecular flexibility index (Phi) is 3.04. The van der Waals surface area contributed by atoms with Crippen LogP contribution in [0.3, 0.4) is 0 Å². The van der Waals surface area contributed by atoms with Crippen LogP contribution in [0.25, 0.3) is 0 Å². The first-order valence-corrected chi connectivity index (χ1v) is 4.41. The fourth-order valence-corrected chi connectivity index (χ4v) is 1.26. The molecule has 1 rings (SSSR count). The average Bonchev–Trinajstić information content (AvgIpc) is 2.40. The third-order valence-electron chi connectivity index (χ3n) is 1.17. The van der Waals surface area contributed by atoms with Crippen molar-refractivity contribution >= 4 is 16.5 Å². The maximum absolute atomic E-state index is 3.86. The summed E-state index contributed by atoms with van der Waals surface area (Å²) in [7, 11) is 0. The van der Waals surface area contributed by atoms with Gasteiger partial charge in [0.15, 0.2) is 0 Å². The smallest absolute Gasteiger partial charge is 0.209 e. The predicted octanol–water partition coefficient (Wildman–Crippen LogP) is 2.26. The van der Waals surface area contributed by atoms with E-state index in [4.69, 9.17) is 0 Å². The third-order valence-corrected chi connectivity index (χ3v) is 1.78. The second kappa shape index (κ2) is 4.08. The van der Waals surface area contributed by atoms with Crippen LogP contribution >= 0.6 is 11.3 Å². The number of hydrogen-bond donors (Lipinski definition) is 1. The minimum atomic E-state index is 0.854. The molecular weight excluding hydrogens is 158 g/mol. The van der Waals surface area contributed by atoms with Gasteiger partial charge in [0.2, 0.25) is 5.13 Å². The average molecular weight is 169 g/mol. The van der Waals surface area contributed by atoms with E-state index < -0.39 is 0 Å². The monoisotopic (exact) mass is 169 g/mol. The van der Waals surface area contributed by atoms with E-state index in [1.54, 1.807) is 5.51 Å². The number of aromatic nitrogens is 2. The summed E-state index contributed by atoms with van der Waals surface area (Å²) in [6.07, 6.45) is 3.15. The van der Waals surface area contributed by atoms with Crippen molar-refractivity contribution in [3.05, 3.63) is 17.3 Å². The normalized spacial score (nSPS) is 11.6. The molecule has 0 radical (unpaired) electrons. The van der Waals surface area contributed by atoms with Gasteiger partial charge in [-0.2, -0.15) is 0 Å². The molecule has 60 valence electrons. The fraction of sp³-hybridized carbons (Fsp3) is 0.429. The van der Waals surface area contributed by atoms with Crippen molar-refractivity contribution in [1.82, 2.24) is 10.2 Å². The molecule has 0 saturated heterocycles. The third kappa shape index (κ3) is 2.67. The Hall–Kier alpha value is -0.900. The van der Waals surface area contributed by atoms with Crippen LogP contribution in [0.5, 0.6) is 0 Å². The lowest BCUT2D eigenvalue weighted by molar-refractivity contribution is 1.08. The first-order chi connectivity index (χ1) is 5.33. The molecule has 0 fully saturated rings. The zero-order valence-corrected chi connectivity index (χ0v) is 7.48. The van der Waals surface area contributed by atoms with Gasteiger partial charge in [-0.1, -0.05) is 24.3 Å². The molecule has 0 aromatic carbocycles. The molecular formula is C7H11N3S. The molecule has 1 aromatic heterocycles. The van der Waals surface area contributed by atoms with Crippen LogP contribution in [0.4, 0.5) is 5.13 Å². The van der Waals surface area contributed by atoms with E-state index in [1.165, 1.54) is 11.3 Å². The van der Waals surface area contributed by atoms with Gasteiger partial charge >= 0.3 is 0 Å². The molecule has 0 unspecified atom stereocenters. The number of nitrogens with zero attached hydrogens (tertiary/aromatic N) is 2. The maximum atomic E-state index is 3.86. The van der Waals surface area contributed by atoms with Crippen LogP contribution in [0, 0.1) is 0 Å². The molecule has 0 aliphatic carbocycles. The largest absolute Gasteiger partial charge is 0.334 e. The topological polar surface area (TPSA) is 37.8 Å². The molecule has 0 saturated carbocycles. The number of allylic oxidation sites excluding steroid dienone is 2. The summed E-state index contributed by atoms with van der Waals surface area (Å²) in [6, 6.07) is 0. The summed E-state index contributed by atoms with van der Waals surface area (Å²) in [5.41, 5.74) is 2.84. The Labute approximate surface area is 70.2 Å². The van der Waals surface area contributed by atoms with Gasteiger partial charge in [-0.3, -0.25) is 0 Å². The SMILES string of the molecule is CC/C=C(\C)Nc1nncs1. The maximum Gasteiger partial charge on any atom is 0.209 e. The molecule has 1 heterocycles. The summed E-state index contributed by atoms with van der Waals surface area (Å²) in [5, 5.41) is 11.6. The number of anilines is 1. The highest BCUT2D eigenvalue weighted by atomic mass is 32.1. The van der Waals surface area contributed by atoms with Gasteiger partial charge in [0.05, 0.1) is 0 Å². The molecule has 1 aromatic rings. The highest BCUT2D eigenvalue weighted by Crippen LogP contribution is 2.10. The Balaban J connectivity index is 2.50. The van der Waals surface area contributed by atoms with E-state index in [9.17, 15) is 0 Å². The van der Waals surface area contributed by atoms with Gasteiger partial charge in [0, 0.05) is 5.70 Å². The Morgan fingerprint density at radius 1 is 1.82 bits per heavy atom. The van der Waals surface area contributed by atoms with E-state index in [2.05, 4.69) is 28.5 Å². The molecule has 0 bridgehead atoms. The van der Waals surface area contributed by atoms with Gasteiger partial charge in [-0.05, 0) is 13.3 Å². The van der Waals surface area contributed by atoms with Crippen molar-refractivity contribution in [2.75, 3.05) is 5.32 Å². The summed E-state index contributed by atoms with van der Waals surface area (Å²) >= 11 is 1.50. The molecule has 0 amide bonds. The lowest BCUT2D eigenvalue weighted by atomic mass is 10.4. The van der Waals surface area contributed by atoms with Crippen LogP contribution in [-0.2, 0) is 0 Å². The summed E-state index contributed by atoms with van der Waals surface area (Å²) in [6.45, 7) is 4.12. The molecule has 0 spiro atoms. The van der Waals surface area contributed by atoms with E-state index in [1.807, 2.05) is 6.92 Å².